The van der Waals surface area contributed by atoms with Gasteiger partial charge in [-0.05, 0) is 44.7 Å². The van der Waals surface area contributed by atoms with Crippen molar-refractivity contribution >= 4 is 11.7 Å². The zero-order chi connectivity index (χ0) is 15.4. The number of carbonyl (C=O) groups excluding carboxylic acids is 1. The maximum absolute atomic E-state index is 12.3. The van der Waals surface area contributed by atoms with Crippen molar-refractivity contribution in [3.8, 4) is 0 Å². The number of aryl methyl sites for hydroxylation is 1. The first-order chi connectivity index (χ1) is 9.97. The van der Waals surface area contributed by atoms with E-state index in [2.05, 4.69) is 36.0 Å². The van der Waals surface area contributed by atoms with Crippen molar-refractivity contribution in [2.75, 3.05) is 18.0 Å². The van der Waals surface area contributed by atoms with Crippen LogP contribution in [0.3, 0.4) is 0 Å². The number of nitrogens with one attached hydrogen (secondary N) is 1. The van der Waals surface area contributed by atoms with Gasteiger partial charge in [0.25, 0.3) is 0 Å². The molecule has 116 valence electrons. The highest BCUT2D eigenvalue weighted by Crippen LogP contribution is 2.22. The number of hydrogen-bond acceptors (Lipinski definition) is 3. The summed E-state index contributed by atoms with van der Waals surface area (Å²) in [6.07, 6.45) is 1.82. The quantitative estimate of drug-likeness (QED) is 0.927. The number of piperidine rings is 1. The molecule has 2 heterocycles. The van der Waals surface area contributed by atoms with Crippen LogP contribution < -0.4 is 10.2 Å². The fourth-order valence-corrected chi connectivity index (χ4v) is 2.58. The first-order valence-corrected chi connectivity index (χ1v) is 7.96. The van der Waals surface area contributed by atoms with Gasteiger partial charge in [0.2, 0.25) is 5.91 Å². The monoisotopic (exact) mass is 289 g/mol. The topological polar surface area (TPSA) is 45.2 Å². The zero-order valence-electron chi connectivity index (χ0n) is 13.6. The van der Waals surface area contributed by atoms with Crippen LogP contribution in [0.5, 0.6) is 0 Å². The summed E-state index contributed by atoms with van der Waals surface area (Å²) in [5.41, 5.74) is 1.04. The predicted molar refractivity (Wildman–Crippen MR) is 86.4 cm³/mol. The van der Waals surface area contributed by atoms with Crippen LogP contribution in [0.15, 0.2) is 18.2 Å². The number of anilines is 1. The molecule has 1 aliphatic heterocycles. The van der Waals surface area contributed by atoms with Crippen LogP contribution in [0.25, 0.3) is 0 Å². The van der Waals surface area contributed by atoms with Gasteiger partial charge in [-0.3, -0.25) is 4.79 Å². The van der Waals surface area contributed by atoms with Crippen LogP contribution >= 0.6 is 0 Å². The first-order valence-electron chi connectivity index (χ1n) is 7.96. The van der Waals surface area contributed by atoms with Crippen LogP contribution in [0.4, 0.5) is 5.82 Å². The lowest BCUT2D eigenvalue weighted by atomic mass is 9.95. The number of carbonyl (C=O) groups is 1. The third kappa shape index (κ3) is 4.19. The van der Waals surface area contributed by atoms with E-state index in [9.17, 15) is 4.79 Å². The molecule has 4 nitrogen and oxygen atoms in total. The first kappa shape index (κ1) is 15.8. The van der Waals surface area contributed by atoms with E-state index in [1.807, 2.05) is 25.1 Å². The summed E-state index contributed by atoms with van der Waals surface area (Å²) in [5.74, 6) is 1.87. The van der Waals surface area contributed by atoms with Gasteiger partial charge in [0, 0.05) is 30.7 Å². The standard InChI is InChI=1S/C17H27N3O/c1-12(2)14(4)19-17(21)15-8-10-20(11-9-15)16-7-5-6-13(3)18-16/h5-7,12,14-15H,8-11H2,1-4H3,(H,19,21)/t14-/m1/s1. The molecule has 0 spiro atoms. The molecule has 0 aliphatic carbocycles. The molecular formula is C17H27N3O. The van der Waals surface area contributed by atoms with Crippen LogP contribution in [0.1, 0.15) is 39.3 Å². The van der Waals surface area contributed by atoms with Gasteiger partial charge in [-0.15, -0.1) is 0 Å². The van der Waals surface area contributed by atoms with Crippen LogP contribution in [-0.2, 0) is 4.79 Å². The Bertz CT molecular complexity index is 479. The Morgan fingerprint density at radius 3 is 2.52 bits per heavy atom. The summed E-state index contributed by atoms with van der Waals surface area (Å²) >= 11 is 0. The molecule has 1 aromatic rings. The van der Waals surface area contributed by atoms with E-state index in [4.69, 9.17) is 0 Å². The minimum Gasteiger partial charge on any atom is -0.357 e. The molecule has 0 saturated carbocycles. The van der Waals surface area contributed by atoms with Crippen molar-refractivity contribution in [3.63, 3.8) is 0 Å². The molecule has 1 aliphatic rings. The van der Waals surface area contributed by atoms with Crippen molar-refractivity contribution in [2.45, 2.75) is 46.6 Å². The summed E-state index contributed by atoms with van der Waals surface area (Å²) in [4.78, 5) is 19.1. The van der Waals surface area contributed by atoms with Crippen LogP contribution in [0, 0.1) is 18.8 Å². The molecule has 2 rings (SSSR count). The number of pyridine rings is 1. The second-order valence-electron chi connectivity index (χ2n) is 6.44. The molecule has 0 radical (unpaired) electrons. The summed E-state index contributed by atoms with van der Waals surface area (Å²) in [6.45, 7) is 10.2. The molecule has 1 aromatic heterocycles. The second kappa shape index (κ2) is 6.92. The zero-order valence-corrected chi connectivity index (χ0v) is 13.6. The lowest BCUT2D eigenvalue weighted by Gasteiger charge is -2.33. The lowest BCUT2D eigenvalue weighted by Crippen LogP contribution is -2.44. The molecule has 1 fully saturated rings. The van der Waals surface area contributed by atoms with Gasteiger partial charge >= 0.3 is 0 Å². The Morgan fingerprint density at radius 1 is 1.29 bits per heavy atom. The Labute approximate surface area is 127 Å². The highest BCUT2D eigenvalue weighted by molar-refractivity contribution is 5.79. The third-order valence-electron chi connectivity index (χ3n) is 4.43. The summed E-state index contributed by atoms with van der Waals surface area (Å²) in [5, 5.41) is 3.14. The Kier molecular flexibility index (Phi) is 5.21. The smallest absolute Gasteiger partial charge is 0.223 e. The van der Waals surface area contributed by atoms with Gasteiger partial charge in [0.15, 0.2) is 0 Å². The van der Waals surface area contributed by atoms with Gasteiger partial charge in [-0.1, -0.05) is 19.9 Å². The van der Waals surface area contributed by atoms with E-state index in [0.29, 0.717) is 5.92 Å². The molecule has 4 heteroatoms. The number of nitrogens with zero attached hydrogens (tertiary/aromatic N) is 2. The summed E-state index contributed by atoms with van der Waals surface area (Å²) in [7, 11) is 0. The van der Waals surface area contributed by atoms with E-state index >= 15 is 0 Å². The van der Waals surface area contributed by atoms with Crippen molar-refractivity contribution < 1.29 is 4.79 Å². The molecule has 0 bridgehead atoms. The molecule has 1 N–H and O–H groups in total. The van der Waals surface area contributed by atoms with Gasteiger partial charge < -0.3 is 10.2 Å². The molecule has 1 saturated heterocycles. The lowest BCUT2D eigenvalue weighted by molar-refractivity contribution is -0.126. The summed E-state index contributed by atoms with van der Waals surface area (Å²) in [6, 6.07) is 6.35. The fourth-order valence-electron chi connectivity index (χ4n) is 2.58. The van der Waals surface area contributed by atoms with Crippen molar-refractivity contribution in [1.29, 1.82) is 0 Å². The Morgan fingerprint density at radius 2 is 1.95 bits per heavy atom. The van der Waals surface area contributed by atoms with Crippen molar-refractivity contribution in [1.82, 2.24) is 10.3 Å². The van der Waals surface area contributed by atoms with Gasteiger partial charge in [0.05, 0.1) is 0 Å². The maximum atomic E-state index is 12.3. The maximum Gasteiger partial charge on any atom is 0.223 e. The number of amides is 1. The number of rotatable bonds is 4. The highest BCUT2D eigenvalue weighted by Gasteiger charge is 2.26. The largest absolute Gasteiger partial charge is 0.357 e. The van der Waals surface area contributed by atoms with E-state index in [-0.39, 0.29) is 17.9 Å². The molecule has 1 amide bonds. The second-order valence-corrected chi connectivity index (χ2v) is 6.44. The molecule has 0 unspecified atom stereocenters. The normalized spacial score (nSPS) is 17.9. The van der Waals surface area contributed by atoms with E-state index in [0.717, 1.165) is 37.4 Å². The number of aromatic nitrogens is 1. The van der Waals surface area contributed by atoms with E-state index < -0.39 is 0 Å². The average Bonchev–Trinajstić information content (AvgIpc) is 2.47. The van der Waals surface area contributed by atoms with Gasteiger partial charge in [-0.2, -0.15) is 0 Å². The van der Waals surface area contributed by atoms with Crippen molar-refractivity contribution in [2.24, 2.45) is 11.8 Å². The SMILES string of the molecule is Cc1cccc(N2CCC(C(=O)N[C@H](C)C(C)C)CC2)n1. The molecule has 0 aromatic carbocycles. The number of hydrogen-bond donors (Lipinski definition) is 1. The third-order valence-corrected chi connectivity index (χ3v) is 4.43. The molecule has 21 heavy (non-hydrogen) atoms. The van der Waals surface area contributed by atoms with Crippen LogP contribution in [-0.4, -0.2) is 30.0 Å². The van der Waals surface area contributed by atoms with Crippen molar-refractivity contribution in [3.05, 3.63) is 23.9 Å². The predicted octanol–water partition coefficient (Wildman–Crippen LogP) is 2.77. The highest BCUT2D eigenvalue weighted by atomic mass is 16.1. The minimum absolute atomic E-state index is 0.146. The van der Waals surface area contributed by atoms with E-state index in [1.165, 1.54) is 0 Å². The molecular weight excluding hydrogens is 262 g/mol. The minimum atomic E-state index is 0.146. The van der Waals surface area contributed by atoms with Gasteiger partial charge in [-0.25, -0.2) is 4.98 Å². The summed E-state index contributed by atoms with van der Waals surface area (Å²) < 4.78 is 0. The Balaban J connectivity index is 1.87. The Hall–Kier alpha value is -1.58. The van der Waals surface area contributed by atoms with Gasteiger partial charge in [0.1, 0.15) is 5.82 Å². The average molecular weight is 289 g/mol. The van der Waals surface area contributed by atoms with Crippen LogP contribution in [0.2, 0.25) is 0 Å². The van der Waals surface area contributed by atoms with E-state index in [1.54, 1.807) is 0 Å². The molecule has 1 atom stereocenters. The fraction of sp³-hybridized carbons (Fsp3) is 0.647.